The van der Waals surface area contributed by atoms with E-state index in [0.29, 0.717) is 12.0 Å². The molecular formula is C19H27N3O. The number of hydrogen-bond acceptors (Lipinski definition) is 3. The first-order valence-corrected chi connectivity index (χ1v) is 8.65. The van der Waals surface area contributed by atoms with Crippen LogP contribution in [0.25, 0.3) is 0 Å². The Balaban J connectivity index is 1.63. The molecule has 0 atom stereocenters. The molecule has 0 radical (unpaired) electrons. The lowest BCUT2D eigenvalue weighted by molar-refractivity contribution is -0.112. The van der Waals surface area contributed by atoms with Gasteiger partial charge in [0.25, 0.3) is 0 Å². The summed E-state index contributed by atoms with van der Waals surface area (Å²) in [5.41, 5.74) is 3.09. The van der Waals surface area contributed by atoms with E-state index in [1.54, 1.807) is 6.08 Å². The number of likely N-dealkylation sites (tertiary alicyclic amines) is 1. The zero-order chi connectivity index (χ0) is 16.2. The fourth-order valence-electron chi connectivity index (χ4n) is 3.12. The fourth-order valence-corrected chi connectivity index (χ4v) is 3.12. The fraction of sp³-hybridized carbons (Fsp3) is 0.526. The number of amides is 1. The van der Waals surface area contributed by atoms with E-state index in [9.17, 15) is 4.79 Å². The molecule has 23 heavy (non-hydrogen) atoms. The Morgan fingerprint density at radius 2 is 1.78 bits per heavy atom. The summed E-state index contributed by atoms with van der Waals surface area (Å²) < 4.78 is 0. The van der Waals surface area contributed by atoms with Gasteiger partial charge in [-0.2, -0.15) is 0 Å². The predicted octanol–water partition coefficient (Wildman–Crippen LogP) is 3.49. The van der Waals surface area contributed by atoms with Gasteiger partial charge >= 0.3 is 0 Å². The first-order chi connectivity index (χ1) is 11.1. The lowest BCUT2D eigenvalue weighted by Gasteiger charge is -2.30. The van der Waals surface area contributed by atoms with Crippen LogP contribution < -0.4 is 10.6 Å². The van der Waals surface area contributed by atoms with Crippen molar-refractivity contribution in [2.45, 2.75) is 38.6 Å². The molecule has 0 bridgehead atoms. The lowest BCUT2D eigenvalue weighted by atomic mass is 10.0. The summed E-state index contributed by atoms with van der Waals surface area (Å²) in [7, 11) is 2.17. The summed E-state index contributed by atoms with van der Waals surface area (Å²) in [6.45, 7) is 4.30. The molecule has 2 aliphatic rings. The van der Waals surface area contributed by atoms with Crippen molar-refractivity contribution in [1.29, 1.82) is 0 Å². The quantitative estimate of drug-likeness (QED) is 0.818. The van der Waals surface area contributed by atoms with Crippen molar-refractivity contribution in [3.63, 3.8) is 0 Å². The highest BCUT2D eigenvalue weighted by Gasteiger charge is 2.23. The van der Waals surface area contributed by atoms with Gasteiger partial charge in [-0.25, -0.2) is 0 Å². The van der Waals surface area contributed by atoms with Gasteiger partial charge in [0, 0.05) is 12.1 Å². The van der Waals surface area contributed by atoms with Gasteiger partial charge in [-0.15, -0.1) is 0 Å². The maximum absolute atomic E-state index is 12.2. The van der Waals surface area contributed by atoms with Crippen LogP contribution in [0.4, 0.5) is 11.4 Å². The highest BCUT2D eigenvalue weighted by molar-refractivity contribution is 6.01. The molecule has 1 aliphatic heterocycles. The second-order valence-electron chi connectivity index (χ2n) is 6.92. The molecule has 4 nitrogen and oxygen atoms in total. The maximum atomic E-state index is 12.2. The third-order valence-electron chi connectivity index (χ3n) is 4.84. The molecule has 1 heterocycles. The summed E-state index contributed by atoms with van der Waals surface area (Å²) in [4.78, 5) is 14.6. The van der Waals surface area contributed by atoms with E-state index in [1.807, 2.05) is 24.3 Å². The Morgan fingerprint density at radius 1 is 1.13 bits per heavy atom. The van der Waals surface area contributed by atoms with Crippen LogP contribution in [0.3, 0.4) is 0 Å². The molecular weight excluding hydrogens is 286 g/mol. The number of piperidine rings is 1. The Bertz CT molecular complexity index is 584. The van der Waals surface area contributed by atoms with Crippen LogP contribution in [-0.2, 0) is 4.79 Å². The van der Waals surface area contributed by atoms with Crippen molar-refractivity contribution in [3.05, 3.63) is 35.9 Å². The van der Waals surface area contributed by atoms with Gasteiger partial charge in [0.2, 0.25) is 5.91 Å². The minimum atomic E-state index is -0.0213. The molecule has 1 aromatic carbocycles. The van der Waals surface area contributed by atoms with E-state index < -0.39 is 0 Å². The van der Waals surface area contributed by atoms with E-state index in [4.69, 9.17) is 0 Å². The van der Waals surface area contributed by atoms with Crippen molar-refractivity contribution in [2.24, 2.45) is 5.92 Å². The van der Waals surface area contributed by atoms with Crippen LogP contribution in [0.5, 0.6) is 0 Å². The molecule has 0 spiro atoms. The normalized spacial score (nSPS) is 20.3. The average molecular weight is 313 g/mol. The summed E-state index contributed by atoms with van der Waals surface area (Å²) in [5, 5.41) is 6.64. The molecule has 2 fully saturated rings. The Hall–Kier alpha value is -1.81. The van der Waals surface area contributed by atoms with E-state index in [2.05, 4.69) is 29.5 Å². The molecule has 3 rings (SSSR count). The Kier molecular flexibility index (Phi) is 5.01. The summed E-state index contributed by atoms with van der Waals surface area (Å²) in [6.07, 6.45) is 6.48. The van der Waals surface area contributed by atoms with Crippen molar-refractivity contribution >= 4 is 17.3 Å². The van der Waals surface area contributed by atoms with Gasteiger partial charge in [0.15, 0.2) is 0 Å². The van der Waals surface area contributed by atoms with Crippen LogP contribution in [0.1, 0.15) is 32.6 Å². The molecule has 124 valence electrons. The molecule has 1 amide bonds. The second-order valence-corrected chi connectivity index (χ2v) is 6.92. The minimum absolute atomic E-state index is 0.0213. The van der Waals surface area contributed by atoms with Gasteiger partial charge in [-0.05, 0) is 70.8 Å². The monoisotopic (exact) mass is 313 g/mol. The van der Waals surface area contributed by atoms with Crippen molar-refractivity contribution in [1.82, 2.24) is 4.90 Å². The zero-order valence-corrected chi connectivity index (χ0v) is 14.1. The van der Waals surface area contributed by atoms with Gasteiger partial charge in [-0.1, -0.05) is 17.7 Å². The minimum Gasteiger partial charge on any atom is -0.381 e. The largest absolute Gasteiger partial charge is 0.381 e. The highest BCUT2D eigenvalue weighted by atomic mass is 16.1. The van der Waals surface area contributed by atoms with Gasteiger partial charge in [-0.3, -0.25) is 4.79 Å². The van der Waals surface area contributed by atoms with E-state index in [-0.39, 0.29) is 5.91 Å². The number of benzene rings is 1. The van der Waals surface area contributed by atoms with Gasteiger partial charge < -0.3 is 15.5 Å². The average Bonchev–Trinajstić information content (AvgIpc) is 3.36. The smallest absolute Gasteiger partial charge is 0.248 e. The van der Waals surface area contributed by atoms with Crippen LogP contribution in [0.15, 0.2) is 35.9 Å². The number of nitrogens with zero attached hydrogens (tertiary/aromatic N) is 1. The topological polar surface area (TPSA) is 44.4 Å². The molecule has 2 N–H and O–H groups in total. The molecule has 1 aliphatic carbocycles. The Morgan fingerprint density at radius 3 is 2.43 bits per heavy atom. The Labute approximate surface area is 138 Å². The number of nitrogens with one attached hydrogen (secondary N) is 2. The standard InChI is InChI=1S/C19H27N3O/c1-14(15-7-8-15)13-19(23)21-18-6-4-3-5-17(18)20-16-9-11-22(2)12-10-16/h3-6,13,15-16,20H,7-12H2,1-2H3,(H,21,23)/b14-13+. The number of carbonyl (C=O) groups excluding carboxylic acids is 1. The molecule has 4 heteroatoms. The number of anilines is 2. The maximum Gasteiger partial charge on any atom is 0.248 e. The second kappa shape index (κ2) is 7.18. The van der Waals surface area contributed by atoms with Crippen molar-refractivity contribution in [2.75, 3.05) is 30.8 Å². The zero-order valence-electron chi connectivity index (χ0n) is 14.1. The molecule has 1 aromatic rings. The number of para-hydroxylation sites is 2. The number of carbonyl (C=O) groups is 1. The molecule has 0 unspecified atom stereocenters. The van der Waals surface area contributed by atoms with E-state index >= 15 is 0 Å². The SMILES string of the molecule is C/C(=C\C(=O)Nc1ccccc1NC1CCN(C)CC1)C1CC1. The van der Waals surface area contributed by atoms with E-state index in [1.165, 1.54) is 18.4 Å². The summed E-state index contributed by atoms with van der Waals surface area (Å²) >= 11 is 0. The van der Waals surface area contributed by atoms with Crippen LogP contribution in [0.2, 0.25) is 0 Å². The molecule has 1 saturated heterocycles. The number of allylic oxidation sites excluding steroid dienone is 1. The highest BCUT2D eigenvalue weighted by Crippen LogP contribution is 2.36. The van der Waals surface area contributed by atoms with Crippen LogP contribution >= 0.6 is 0 Å². The van der Waals surface area contributed by atoms with Crippen molar-refractivity contribution in [3.8, 4) is 0 Å². The van der Waals surface area contributed by atoms with Crippen molar-refractivity contribution < 1.29 is 4.79 Å². The first-order valence-electron chi connectivity index (χ1n) is 8.65. The lowest BCUT2D eigenvalue weighted by Crippen LogP contribution is -2.36. The van der Waals surface area contributed by atoms with Crippen LogP contribution in [0, 0.1) is 5.92 Å². The molecule has 0 aromatic heterocycles. The first kappa shape index (κ1) is 16.1. The number of rotatable bonds is 5. The third-order valence-corrected chi connectivity index (χ3v) is 4.84. The van der Waals surface area contributed by atoms with Crippen LogP contribution in [-0.4, -0.2) is 37.0 Å². The van der Waals surface area contributed by atoms with Gasteiger partial charge in [0.05, 0.1) is 11.4 Å². The summed E-state index contributed by atoms with van der Waals surface area (Å²) in [6, 6.07) is 8.47. The predicted molar refractivity (Wildman–Crippen MR) is 95.7 cm³/mol. The van der Waals surface area contributed by atoms with Gasteiger partial charge in [0.1, 0.15) is 0 Å². The summed E-state index contributed by atoms with van der Waals surface area (Å²) in [5.74, 6) is 0.611. The van der Waals surface area contributed by atoms with E-state index in [0.717, 1.165) is 37.3 Å². The number of hydrogen-bond donors (Lipinski definition) is 2. The molecule has 1 saturated carbocycles. The third kappa shape index (κ3) is 4.58.